The number of sulfone groups is 2. The summed E-state index contributed by atoms with van der Waals surface area (Å²) in [4.78, 5) is 10.9. The molecule has 8 nitrogen and oxygen atoms in total. The van der Waals surface area contributed by atoms with Crippen molar-refractivity contribution >= 4 is 60.4 Å². The first-order valence-corrected chi connectivity index (χ1v) is 15.4. The third kappa shape index (κ3) is 8.69. The number of alkyl halides is 1. The molecular formula is C23H27Cl3O8S2. The van der Waals surface area contributed by atoms with E-state index in [0.717, 1.165) is 0 Å². The van der Waals surface area contributed by atoms with E-state index in [1.54, 1.807) is 13.8 Å². The van der Waals surface area contributed by atoms with Gasteiger partial charge in [0.1, 0.15) is 28.3 Å². The van der Waals surface area contributed by atoms with Crippen molar-refractivity contribution in [2.75, 3.05) is 30.6 Å². The number of esters is 1. The topological polar surface area (TPSA) is 113 Å². The lowest BCUT2D eigenvalue weighted by molar-refractivity contribution is -0.146. The predicted octanol–water partition coefficient (Wildman–Crippen LogP) is 4.83. The quantitative estimate of drug-likeness (QED) is 0.237. The molecule has 0 spiro atoms. The Hall–Kier alpha value is -1.72. The molecule has 2 aromatic carbocycles. The molecular weight excluding hydrogens is 575 g/mol. The van der Waals surface area contributed by atoms with E-state index >= 15 is 0 Å². The van der Waals surface area contributed by atoms with Gasteiger partial charge in [0.2, 0.25) is 9.84 Å². The van der Waals surface area contributed by atoms with Crippen LogP contribution in [0.3, 0.4) is 0 Å². The van der Waals surface area contributed by atoms with Crippen molar-refractivity contribution in [3.63, 3.8) is 0 Å². The number of ether oxygens (including phenoxy) is 3. The summed E-state index contributed by atoms with van der Waals surface area (Å²) in [5.41, 5.74) is 0. The van der Waals surface area contributed by atoms with Crippen molar-refractivity contribution in [1.82, 2.24) is 0 Å². The minimum absolute atomic E-state index is 0.00481. The van der Waals surface area contributed by atoms with Gasteiger partial charge in [0, 0.05) is 18.6 Å². The van der Waals surface area contributed by atoms with Crippen molar-refractivity contribution in [2.45, 2.75) is 36.7 Å². The molecule has 0 bridgehead atoms. The zero-order valence-corrected chi connectivity index (χ0v) is 23.8. The molecule has 0 radical (unpaired) electrons. The fourth-order valence-electron chi connectivity index (χ4n) is 3.04. The van der Waals surface area contributed by atoms with Gasteiger partial charge in [0.15, 0.2) is 5.75 Å². The van der Waals surface area contributed by atoms with Crippen LogP contribution in [0.15, 0.2) is 46.2 Å². The van der Waals surface area contributed by atoms with Crippen molar-refractivity contribution in [3.05, 3.63) is 46.4 Å². The predicted molar refractivity (Wildman–Crippen MR) is 139 cm³/mol. The van der Waals surface area contributed by atoms with E-state index in [4.69, 9.17) is 49.0 Å². The van der Waals surface area contributed by atoms with E-state index in [0.29, 0.717) is 5.75 Å². The average molecular weight is 602 g/mol. The minimum Gasteiger partial charge on any atom is -0.490 e. The smallest absolute Gasteiger partial charge is 0.303 e. The van der Waals surface area contributed by atoms with Crippen LogP contribution in [-0.2, 0) is 29.2 Å². The molecule has 0 heterocycles. The number of hydrogen-bond donors (Lipinski definition) is 0. The van der Waals surface area contributed by atoms with Gasteiger partial charge in [-0.05, 0) is 36.4 Å². The van der Waals surface area contributed by atoms with E-state index in [1.807, 2.05) is 0 Å². The maximum Gasteiger partial charge on any atom is 0.303 e. The van der Waals surface area contributed by atoms with Crippen molar-refractivity contribution in [3.8, 4) is 11.5 Å². The lowest BCUT2D eigenvalue weighted by Crippen LogP contribution is -2.25. The maximum absolute atomic E-state index is 13.1. The summed E-state index contributed by atoms with van der Waals surface area (Å²) in [5, 5.41) is -0.0478. The van der Waals surface area contributed by atoms with Gasteiger partial charge in [0.05, 0.1) is 38.1 Å². The molecule has 0 saturated heterocycles. The number of benzene rings is 2. The maximum atomic E-state index is 13.1. The monoisotopic (exact) mass is 600 g/mol. The SMILES string of the molecule is CCS(=O)(=O)C[C@@H](C)COc1c(Cl)cc(S(=O)(=O)c2ccc(OC[C@@H](CCl)OC(C)=O)cc2)cc1Cl. The fourth-order valence-corrected chi connectivity index (χ4v) is 6.43. The summed E-state index contributed by atoms with van der Waals surface area (Å²) in [6.07, 6.45) is -0.642. The zero-order chi connectivity index (χ0) is 27.1. The molecule has 0 amide bonds. The molecule has 0 fully saturated rings. The van der Waals surface area contributed by atoms with Crippen LogP contribution in [0.1, 0.15) is 20.8 Å². The average Bonchev–Trinajstić information content (AvgIpc) is 2.80. The standard InChI is InChI=1S/C23H27Cl3O8S2/c1-4-35(28,29)14-15(2)12-33-23-21(25)9-20(10-22(23)26)36(30,31)19-7-5-17(6-8-19)32-13-18(11-24)34-16(3)27/h5-10,15,18H,4,11-14H2,1-3H3/t15-,18+/m0/s1. The highest BCUT2D eigenvalue weighted by Gasteiger charge is 2.23. The molecule has 200 valence electrons. The molecule has 13 heteroatoms. The third-order valence-corrected chi connectivity index (χ3v) is 9.46. The number of carbonyl (C=O) groups is 1. The summed E-state index contributed by atoms with van der Waals surface area (Å²) < 4.78 is 65.9. The summed E-state index contributed by atoms with van der Waals surface area (Å²) in [6.45, 7) is 4.59. The second-order valence-corrected chi connectivity index (χ2v) is 13.5. The van der Waals surface area contributed by atoms with Crippen LogP contribution >= 0.6 is 34.8 Å². The Morgan fingerprint density at radius 1 is 0.944 bits per heavy atom. The zero-order valence-electron chi connectivity index (χ0n) is 19.9. The summed E-state index contributed by atoms with van der Waals surface area (Å²) >= 11 is 18.3. The highest BCUT2D eigenvalue weighted by atomic mass is 35.5. The van der Waals surface area contributed by atoms with Gasteiger partial charge in [-0.25, -0.2) is 16.8 Å². The van der Waals surface area contributed by atoms with Gasteiger partial charge in [-0.15, -0.1) is 11.6 Å². The van der Waals surface area contributed by atoms with E-state index < -0.39 is 31.7 Å². The summed E-state index contributed by atoms with van der Waals surface area (Å²) in [5.74, 6) is -0.358. The first-order valence-electron chi connectivity index (χ1n) is 10.8. The van der Waals surface area contributed by atoms with E-state index in [-0.39, 0.29) is 62.1 Å². The first-order chi connectivity index (χ1) is 16.8. The summed E-state index contributed by atoms with van der Waals surface area (Å²) in [7, 11) is -7.16. The number of carbonyl (C=O) groups excluding carboxylic acids is 1. The molecule has 36 heavy (non-hydrogen) atoms. The Labute approximate surface area is 226 Å². The largest absolute Gasteiger partial charge is 0.490 e. The molecule has 0 unspecified atom stereocenters. The number of hydrogen-bond acceptors (Lipinski definition) is 8. The van der Waals surface area contributed by atoms with Crippen LogP contribution in [0, 0.1) is 5.92 Å². The molecule has 2 rings (SSSR count). The Morgan fingerprint density at radius 2 is 1.53 bits per heavy atom. The normalized spacial score (nSPS) is 13.6. The molecule has 2 aromatic rings. The number of rotatable bonds is 13. The Balaban J connectivity index is 2.14. The lowest BCUT2D eigenvalue weighted by Gasteiger charge is -2.16. The third-order valence-electron chi connectivity index (χ3n) is 4.85. The Bertz CT molecular complexity index is 1240. The van der Waals surface area contributed by atoms with E-state index in [9.17, 15) is 21.6 Å². The number of halogens is 3. The van der Waals surface area contributed by atoms with Gasteiger partial charge in [0.25, 0.3) is 0 Å². The van der Waals surface area contributed by atoms with E-state index in [2.05, 4.69) is 0 Å². The van der Waals surface area contributed by atoms with Gasteiger partial charge in [-0.1, -0.05) is 37.0 Å². The van der Waals surface area contributed by atoms with Crippen LogP contribution < -0.4 is 9.47 Å². The highest BCUT2D eigenvalue weighted by molar-refractivity contribution is 7.91. The van der Waals surface area contributed by atoms with Gasteiger partial charge < -0.3 is 14.2 Å². The van der Waals surface area contributed by atoms with Gasteiger partial charge >= 0.3 is 5.97 Å². The molecule has 0 aliphatic carbocycles. The Kier molecular flexibility index (Phi) is 11.2. The second kappa shape index (κ2) is 13.2. The molecule has 0 aliphatic rings. The first kappa shape index (κ1) is 30.5. The summed E-state index contributed by atoms with van der Waals surface area (Å²) in [6, 6.07) is 8.07. The van der Waals surface area contributed by atoms with Crippen molar-refractivity contribution in [2.24, 2.45) is 5.92 Å². The minimum atomic E-state index is -3.98. The molecule has 0 saturated carbocycles. The Morgan fingerprint density at radius 3 is 2.03 bits per heavy atom. The van der Waals surface area contributed by atoms with Crippen LogP contribution in [0.25, 0.3) is 0 Å². The molecule has 0 aliphatic heterocycles. The van der Waals surface area contributed by atoms with Gasteiger partial charge in [-0.2, -0.15) is 0 Å². The van der Waals surface area contributed by atoms with Crippen LogP contribution in [0.4, 0.5) is 0 Å². The van der Waals surface area contributed by atoms with E-state index in [1.165, 1.54) is 43.3 Å². The van der Waals surface area contributed by atoms with Crippen molar-refractivity contribution < 1.29 is 35.8 Å². The van der Waals surface area contributed by atoms with Crippen LogP contribution in [0.5, 0.6) is 11.5 Å². The van der Waals surface area contributed by atoms with Crippen LogP contribution in [-0.4, -0.2) is 59.5 Å². The van der Waals surface area contributed by atoms with Crippen molar-refractivity contribution in [1.29, 1.82) is 0 Å². The lowest BCUT2D eigenvalue weighted by atomic mass is 10.2. The highest BCUT2D eigenvalue weighted by Crippen LogP contribution is 2.37. The molecule has 2 atom stereocenters. The van der Waals surface area contributed by atoms with Gasteiger partial charge in [-0.3, -0.25) is 4.79 Å². The molecule has 0 N–H and O–H groups in total. The molecule has 0 aromatic heterocycles. The second-order valence-electron chi connectivity index (χ2n) is 8.00. The van der Waals surface area contributed by atoms with Crippen LogP contribution in [0.2, 0.25) is 10.0 Å². The fraction of sp³-hybridized carbons (Fsp3) is 0.435.